The van der Waals surface area contributed by atoms with Crippen molar-refractivity contribution in [1.29, 1.82) is 0 Å². The molecule has 0 amide bonds. The Morgan fingerprint density at radius 2 is 1.75 bits per heavy atom. The molecule has 0 spiro atoms. The number of hydrogen-bond acceptors (Lipinski definition) is 4. The molecule has 168 valence electrons. The molecule has 7 heteroatoms. The minimum Gasteiger partial charge on any atom is -0.491 e. The molecule has 2 unspecified atom stereocenters. The van der Waals surface area contributed by atoms with Crippen LogP contribution in [-0.2, 0) is 22.3 Å². The Morgan fingerprint density at radius 3 is 2.41 bits per heavy atom. The minimum atomic E-state index is -1.55. The number of benzene rings is 3. The molecule has 0 bridgehead atoms. The summed E-state index contributed by atoms with van der Waals surface area (Å²) in [7, 11) is -0.221. The van der Waals surface area contributed by atoms with Crippen LogP contribution < -0.4 is 4.74 Å². The average molecular weight is 456 g/mol. The summed E-state index contributed by atoms with van der Waals surface area (Å²) in [5.41, 5.74) is 2.14. The summed E-state index contributed by atoms with van der Waals surface area (Å²) >= 11 is 0. The first kappa shape index (κ1) is 23.6. The van der Waals surface area contributed by atoms with Crippen molar-refractivity contribution in [2.45, 2.75) is 31.3 Å². The molecule has 0 saturated heterocycles. The quantitative estimate of drug-likeness (QED) is 0.501. The molecule has 4 rings (SSSR count). The second kappa shape index (κ2) is 11.0. The molecule has 0 radical (unpaired) electrons. The van der Waals surface area contributed by atoms with Gasteiger partial charge in [0, 0.05) is 12.1 Å². The standard InChI is InChI=1S/C23H20FNO4S.C2H6/c1-28-23(26)17-7-8-18-14-25(30(27)20-11-9-19(24)10-12-20)21(15-29-22(18)13-17)16-5-3-2-4-6-16;1-2/h2-13,21H,14-15H2,1H3;1-2H3. The monoisotopic (exact) mass is 455 g/mol. The lowest BCUT2D eigenvalue weighted by Crippen LogP contribution is -2.32. The van der Waals surface area contributed by atoms with E-state index < -0.39 is 17.0 Å². The largest absolute Gasteiger partial charge is 0.491 e. The van der Waals surface area contributed by atoms with Crippen LogP contribution in [0, 0.1) is 5.82 Å². The van der Waals surface area contributed by atoms with E-state index in [0.717, 1.165) is 11.1 Å². The van der Waals surface area contributed by atoms with E-state index in [-0.39, 0.29) is 18.5 Å². The molecule has 0 fully saturated rings. The highest BCUT2D eigenvalue weighted by atomic mass is 32.2. The number of rotatable bonds is 4. The zero-order valence-corrected chi connectivity index (χ0v) is 19.1. The van der Waals surface area contributed by atoms with E-state index in [2.05, 4.69) is 0 Å². The smallest absolute Gasteiger partial charge is 0.337 e. The van der Waals surface area contributed by atoms with Crippen molar-refractivity contribution >= 4 is 17.0 Å². The fourth-order valence-electron chi connectivity index (χ4n) is 3.39. The minimum absolute atomic E-state index is 0.245. The normalized spacial score (nSPS) is 16.4. The zero-order chi connectivity index (χ0) is 23.1. The van der Waals surface area contributed by atoms with E-state index in [1.807, 2.05) is 48.5 Å². The van der Waals surface area contributed by atoms with Gasteiger partial charge in [-0.15, -0.1) is 0 Å². The summed E-state index contributed by atoms with van der Waals surface area (Å²) in [4.78, 5) is 12.4. The van der Waals surface area contributed by atoms with E-state index in [4.69, 9.17) is 9.47 Å². The number of fused-ring (bicyclic) bond motifs is 1. The second-order valence-electron chi connectivity index (χ2n) is 6.83. The van der Waals surface area contributed by atoms with Crippen LogP contribution in [0.15, 0.2) is 77.7 Å². The average Bonchev–Trinajstić information content (AvgIpc) is 3.04. The predicted octanol–water partition coefficient (Wildman–Crippen LogP) is 5.30. The molecule has 3 aromatic carbocycles. The van der Waals surface area contributed by atoms with Crippen molar-refractivity contribution in [2.24, 2.45) is 0 Å². The lowest BCUT2D eigenvalue weighted by atomic mass is 10.1. The summed E-state index contributed by atoms with van der Waals surface area (Å²) in [6.07, 6.45) is 0. The van der Waals surface area contributed by atoms with Crippen LogP contribution in [0.3, 0.4) is 0 Å². The second-order valence-corrected chi connectivity index (χ2v) is 8.27. The molecule has 0 saturated carbocycles. The Morgan fingerprint density at radius 1 is 1.06 bits per heavy atom. The zero-order valence-electron chi connectivity index (χ0n) is 18.3. The van der Waals surface area contributed by atoms with Crippen LogP contribution >= 0.6 is 0 Å². The molecule has 5 nitrogen and oxygen atoms in total. The van der Waals surface area contributed by atoms with Gasteiger partial charge in [-0.05, 0) is 42.0 Å². The van der Waals surface area contributed by atoms with E-state index in [1.165, 1.54) is 31.4 Å². The fraction of sp³-hybridized carbons (Fsp3) is 0.240. The van der Waals surface area contributed by atoms with Crippen LogP contribution in [-0.4, -0.2) is 28.2 Å². The van der Waals surface area contributed by atoms with E-state index in [1.54, 1.807) is 18.2 Å². The summed E-state index contributed by atoms with van der Waals surface area (Å²) in [5, 5.41) is 0. The molecular weight excluding hydrogens is 429 g/mol. The van der Waals surface area contributed by atoms with Gasteiger partial charge >= 0.3 is 5.97 Å². The fourth-order valence-corrected chi connectivity index (χ4v) is 4.70. The molecule has 32 heavy (non-hydrogen) atoms. The predicted molar refractivity (Wildman–Crippen MR) is 122 cm³/mol. The highest BCUT2D eigenvalue weighted by molar-refractivity contribution is 7.82. The van der Waals surface area contributed by atoms with Crippen molar-refractivity contribution in [1.82, 2.24) is 4.31 Å². The van der Waals surface area contributed by atoms with E-state index >= 15 is 0 Å². The van der Waals surface area contributed by atoms with Crippen LogP contribution in [0.4, 0.5) is 4.39 Å². The van der Waals surface area contributed by atoms with Gasteiger partial charge in [0.15, 0.2) is 0 Å². The van der Waals surface area contributed by atoms with Crippen molar-refractivity contribution < 1.29 is 22.9 Å². The van der Waals surface area contributed by atoms with Gasteiger partial charge in [0.2, 0.25) is 0 Å². The molecule has 1 aliphatic rings. The number of carbonyl (C=O) groups excluding carboxylic acids is 1. The summed E-state index contributed by atoms with van der Waals surface area (Å²) in [6.45, 7) is 4.58. The van der Waals surface area contributed by atoms with Crippen molar-refractivity contribution in [3.63, 3.8) is 0 Å². The van der Waals surface area contributed by atoms with Gasteiger partial charge in [0.1, 0.15) is 29.2 Å². The van der Waals surface area contributed by atoms with Gasteiger partial charge in [-0.1, -0.05) is 50.2 Å². The Labute approximate surface area is 190 Å². The van der Waals surface area contributed by atoms with Crippen LogP contribution in [0.1, 0.15) is 41.4 Å². The molecule has 0 aliphatic carbocycles. The van der Waals surface area contributed by atoms with Crippen molar-refractivity contribution in [3.8, 4) is 5.75 Å². The number of nitrogens with zero attached hydrogens (tertiary/aromatic N) is 1. The first-order valence-corrected chi connectivity index (χ1v) is 11.5. The first-order chi connectivity index (χ1) is 15.6. The third-order valence-electron chi connectivity index (χ3n) is 4.97. The molecule has 0 N–H and O–H groups in total. The van der Waals surface area contributed by atoms with Gasteiger partial charge in [0.05, 0.1) is 23.6 Å². The van der Waals surface area contributed by atoms with E-state index in [9.17, 15) is 13.4 Å². The highest BCUT2D eigenvalue weighted by Crippen LogP contribution is 2.34. The number of halogens is 1. The summed E-state index contributed by atoms with van der Waals surface area (Å²) in [5.74, 6) is -0.273. The van der Waals surface area contributed by atoms with Crippen LogP contribution in [0.5, 0.6) is 5.75 Å². The van der Waals surface area contributed by atoms with Crippen LogP contribution in [0.2, 0.25) is 0 Å². The first-order valence-electron chi connectivity index (χ1n) is 10.4. The SMILES string of the molecule is CC.COC(=O)c1ccc2c(c1)OCC(c1ccccc1)N(S(=O)c1ccc(F)cc1)C2. The molecular formula is C25H26FNO4S. The summed E-state index contributed by atoms with van der Waals surface area (Å²) < 4.78 is 39.5. The van der Waals surface area contributed by atoms with Gasteiger partial charge < -0.3 is 9.47 Å². The highest BCUT2D eigenvalue weighted by Gasteiger charge is 2.31. The number of ether oxygens (including phenoxy) is 2. The third-order valence-corrected chi connectivity index (χ3v) is 6.46. The Kier molecular flexibility index (Phi) is 8.14. The topological polar surface area (TPSA) is 55.8 Å². The van der Waals surface area contributed by atoms with Gasteiger partial charge in [-0.3, -0.25) is 0 Å². The lowest BCUT2D eigenvalue weighted by Gasteiger charge is -2.28. The lowest BCUT2D eigenvalue weighted by molar-refractivity contribution is 0.0600. The van der Waals surface area contributed by atoms with Gasteiger partial charge in [-0.2, -0.15) is 0 Å². The van der Waals surface area contributed by atoms with E-state index in [0.29, 0.717) is 22.8 Å². The molecule has 1 aliphatic heterocycles. The molecule has 0 aromatic heterocycles. The van der Waals surface area contributed by atoms with Crippen LogP contribution in [0.25, 0.3) is 0 Å². The Hall–Kier alpha value is -3.03. The Balaban J connectivity index is 0.00000141. The number of carbonyl (C=O) groups is 1. The number of esters is 1. The van der Waals surface area contributed by atoms with Gasteiger partial charge in [-0.25, -0.2) is 17.7 Å². The maximum Gasteiger partial charge on any atom is 0.337 e. The van der Waals surface area contributed by atoms with Gasteiger partial charge in [0.25, 0.3) is 0 Å². The third kappa shape index (κ3) is 5.23. The maximum absolute atomic E-state index is 13.5. The molecule has 1 heterocycles. The van der Waals surface area contributed by atoms with Crippen molar-refractivity contribution in [2.75, 3.05) is 13.7 Å². The molecule has 2 atom stereocenters. The molecule has 3 aromatic rings. The Bertz CT molecular complexity index is 1070. The number of methoxy groups -OCH3 is 1. The maximum atomic E-state index is 13.5. The number of hydrogen-bond donors (Lipinski definition) is 0. The van der Waals surface area contributed by atoms with Crippen molar-refractivity contribution in [3.05, 3.63) is 95.3 Å². The summed E-state index contributed by atoms with van der Waals surface area (Å²) in [6, 6.07) is 20.1.